The molecule has 1 aliphatic rings. The highest BCUT2D eigenvalue weighted by Crippen LogP contribution is 2.17. The van der Waals surface area contributed by atoms with Gasteiger partial charge in [-0.15, -0.1) is 0 Å². The zero-order chi connectivity index (χ0) is 11.4. The van der Waals surface area contributed by atoms with Gasteiger partial charge in [-0.25, -0.2) is 4.98 Å². The number of aryl methyl sites for hydroxylation is 2. The molecule has 1 saturated carbocycles. The topological polar surface area (TPSA) is 29.9 Å². The minimum absolute atomic E-state index is 0.797. The molecule has 3 heteroatoms. The van der Waals surface area contributed by atoms with Crippen molar-refractivity contribution in [3.05, 3.63) is 17.7 Å². The summed E-state index contributed by atoms with van der Waals surface area (Å²) >= 11 is 0. The molecule has 1 fully saturated rings. The fourth-order valence-electron chi connectivity index (χ4n) is 2.46. The molecule has 0 unspecified atom stereocenters. The molecule has 16 heavy (non-hydrogen) atoms. The number of hydrogen-bond acceptors (Lipinski definition) is 2. The van der Waals surface area contributed by atoms with Crippen molar-refractivity contribution in [1.29, 1.82) is 0 Å². The number of aromatic nitrogens is 2. The lowest BCUT2D eigenvalue weighted by Gasteiger charge is -2.12. The first-order valence-corrected chi connectivity index (χ1v) is 6.49. The average molecular weight is 221 g/mol. The minimum atomic E-state index is 0.797. The van der Waals surface area contributed by atoms with Gasteiger partial charge in [0.2, 0.25) is 0 Å². The lowest BCUT2D eigenvalue weighted by Crippen LogP contribution is -2.27. The molecule has 1 aliphatic carbocycles. The maximum absolute atomic E-state index is 4.31. The maximum atomic E-state index is 4.31. The highest BCUT2D eigenvalue weighted by molar-refractivity contribution is 5.08. The van der Waals surface area contributed by atoms with Crippen molar-refractivity contribution in [2.75, 3.05) is 6.54 Å². The Morgan fingerprint density at radius 2 is 2.12 bits per heavy atom. The van der Waals surface area contributed by atoms with Crippen LogP contribution in [0.2, 0.25) is 0 Å². The summed E-state index contributed by atoms with van der Waals surface area (Å²) in [5, 5.41) is 3.64. The zero-order valence-electron chi connectivity index (χ0n) is 10.5. The highest BCUT2D eigenvalue weighted by atomic mass is 15.1. The minimum Gasteiger partial charge on any atom is -0.335 e. The fraction of sp³-hybridized carbons (Fsp3) is 0.769. The second kappa shape index (κ2) is 5.48. The van der Waals surface area contributed by atoms with E-state index in [0.29, 0.717) is 0 Å². The van der Waals surface area contributed by atoms with E-state index in [1.54, 1.807) is 0 Å². The Kier molecular flexibility index (Phi) is 3.99. The highest BCUT2D eigenvalue weighted by Gasteiger charge is 2.13. The van der Waals surface area contributed by atoms with Crippen LogP contribution in [0.4, 0.5) is 0 Å². The smallest absolute Gasteiger partial charge is 0.0951 e. The molecule has 0 bridgehead atoms. The standard InChI is InChI=1S/C13H23N3/c1-11-12(2)16(10-15-11)9-5-8-14-13-6-3-4-7-13/h10,13-14H,3-9H2,1-2H3. The van der Waals surface area contributed by atoms with E-state index in [4.69, 9.17) is 0 Å². The predicted octanol–water partition coefficient (Wildman–Crippen LogP) is 2.42. The molecule has 0 saturated heterocycles. The second-order valence-corrected chi connectivity index (χ2v) is 4.90. The molecule has 0 aliphatic heterocycles. The van der Waals surface area contributed by atoms with Crippen LogP contribution in [-0.2, 0) is 6.54 Å². The SMILES string of the molecule is Cc1ncn(CCCNC2CCCC2)c1C. The van der Waals surface area contributed by atoms with Crippen LogP contribution < -0.4 is 5.32 Å². The summed E-state index contributed by atoms with van der Waals surface area (Å²) in [6, 6.07) is 0.797. The van der Waals surface area contributed by atoms with Crippen LogP contribution in [0.15, 0.2) is 6.33 Å². The van der Waals surface area contributed by atoms with Crippen molar-refractivity contribution in [3.8, 4) is 0 Å². The van der Waals surface area contributed by atoms with Crippen molar-refractivity contribution in [3.63, 3.8) is 0 Å². The van der Waals surface area contributed by atoms with Gasteiger partial charge in [-0.3, -0.25) is 0 Å². The van der Waals surface area contributed by atoms with Crippen LogP contribution in [0.1, 0.15) is 43.5 Å². The summed E-state index contributed by atoms with van der Waals surface area (Å²) in [5.74, 6) is 0. The average Bonchev–Trinajstić information content (AvgIpc) is 2.88. The number of nitrogens with zero attached hydrogens (tertiary/aromatic N) is 2. The van der Waals surface area contributed by atoms with Crippen molar-refractivity contribution in [2.24, 2.45) is 0 Å². The van der Waals surface area contributed by atoms with E-state index in [1.165, 1.54) is 37.8 Å². The number of rotatable bonds is 5. The molecule has 2 rings (SSSR count). The quantitative estimate of drug-likeness (QED) is 0.774. The third-order valence-electron chi connectivity index (χ3n) is 3.71. The predicted molar refractivity (Wildman–Crippen MR) is 66.6 cm³/mol. The summed E-state index contributed by atoms with van der Waals surface area (Å²) in [7, 11) is 0. The Labute approximate surface area is 98.3 Å². The van der Waals surface area contributed by atoms with E-state index in [9.17, 15) is 0 Å². The van der Waals surface area contributed by atoms with Gasteiger partial charge in [-0.05, 0) is 39.7 Å². The molecule has 1 aromatic rings. The van der Waals surface area contributed by atoms with Gasteiger partial charge in [0.1, 0.15) is 0 Å². The molecule has 0 atom stereocenters. The lowest BCUT2D eigenvalue weighted by atomic mass is 10.2. The monoisotopic (exact) mass is 221 g/mol. The van der Waals surface area contributed by atoms with E-state index >= 15 is 0 Å². The van der Waals surface area contributed by atoms with Crippen molar-refractivity contribution < 1.29 is 0 Å². The van der Waals surface area contributed by atoms with E-state index in [1.807, 2.05) is 6.33 Å². The zero-order valence-corrected chi connectivity index (χ0v) is 10.5. The summed E-state index contributed by atoms with van der Waals surface area (Å²) in [6.07, 6.45) is 8.74. The van der Waals surface area contributed by atoms with E-state index in [2.05, 4.69) is 28.7 Å². The Bertz CT molecular complexity index is 324. The van der Waals surface area contributed by atoms with Gasteiger partial charge in [0.15, 0.2) is 0 Å². The molecule has 1 heterocycles. The van der Waals surface area contributed by atoms with Crippen LogP contribution in [-0.4, -0.2) is 22.1 Å². The molecule has 0 radical (unpaired) electrons. The van der Waals surface area contributed by atoms with Gasteiger partial charge in [-0.1, -0.05) is 12.8 Å². The number of imidazole rings is 1. The third-order valence-corrected chi connectivity index (χ3v) is 3.71. The van der Waals surface area contributed by atoms with Crippen molar-refractivity contribution in [2.45, 2.75) is 58.5 Å². The van der Waals surface area contributed by atoms with Gasteiger partial charge < -0.3 is 9.88 Å². The van der Waals surface area contributed by atoms with Gasteiger partial charge in [0, 0.05) is 18.3 Å². The molecule has 0 aromatic carbocycles. The largest absolute Gasteiger partial charge is 0.335 e. The Morgan fingerprint density at radius 3 is 2.75 bits per heavy atom. The van der Waals surface area contributed by atoms with Gasteiger partial charge in [0.05, 0.1) is 12.0 Å². The molecule has 1 N–H and O–H groups in total. The lowest BCUT2D eigenvalue weighted by molar-refractivity contribution is 0.493. The second-order valence-electron chi connectivity index (χ2n) is 4.90. The van der Waals surface area contributed by atoms with Crippen LogP contribution in [0, 0.1) is 13.8 Å². The summed E-state index contributed by atoms with van der Waals surface area (Å²) in [5.41, 5.74) is 2.46. The first kappa shape index (κ1) is 11.6. The van der Waals surface area contributed by atoms with Gasteiger partial charge in [0.25, 0.3) is 0 Å². The fourth-order valence-corrected chi connectivity index (χ4v) is 2.46. The van der Waals surface area contributed by atoms with E-state index in [-0.39, 0.29) is 0 Å². The Balaban J connectivity index is 1.66. The molecule has 90 valence electrons. The number of hydrogen-bond donors (Lipinski definition) is 1. The summed E-state index contributed by atoms with van der Waals surface area (Å²) in [4.78, 5) is 4.31. The molecular weight excluding hydrogens is 198 g/mol. The van der Waals surface area contributed by atoms with E-state index in [0.717, 1.165) is 24.8 Å². The van der Waals surface area contributed by atoms with Crippen LogP contribution in [0.5, 0.6) is 0 Å². The van der Waals surface area contributed by atoms with E-state index < -0.39 is 0 Å². The van der Waals surface area contributed by atoms with Crippen LogP contribution in [0.25, 0.3) is 0 Å². The van der Waals surface area contributed by atoms with Crippen LogP contribution >= 0.6 is 0 Å². The molecule has 0 spiro atoms. The Hall–Kier alpha value is -0.830. The third kappa shape index (κ3) is 2.85. The van der Waals surface area contributed by atoms with Crippen LogP contribution in [0.3, 0.4) is 0 Å². The molecular formula is C13H23N3. The molecule has 0 amide bonds. The first-order chi connectivity index (χ1) is 7.77. The van der Waals surface area contributed by atoms with Crippen molar-refractivity contribution in [1.82, 2.24) is 14.9 Å². The maximum Gasteiger partial charge on any atom is 0.0951 e. The van der Waals surface area contributed by atoms with Gasteiger partial charge >= 0.3 is 0 Å². The molecule has 3 nitrogen and oxygen atoms in total. The Morgan fingerprint density at radius 1 is 1.38 bits per heavy atom. The van der Waals surface area contributed by atoms with Crippen molar-refractivity contribution >= 4 is 0 Å². The first-order valence-electron chi connectivity index (χ1n) is 6.49. The number of nitrogens with one attached hydrogen (secondary N) is 1. The van der Waals surface area contributed by atoms with Gasteiger partial charge in [-0.2, -0.15) is 0 Å². The summed E-state index contributed by atoms with van der Waals surface area (Å²) in [6.45, 7) is 6.45. The summed E-state index contributed by atoms with van der Waals surface area (Å²) < 4.78 is 2.26. The normalized spacial score (nSPS) is 17.1. The molecule has 1 aromatic heterocycles.